The monoisotopic (exact) mass is 439 g/mol. The van der Waals surface area contributed by atoms with Gasteiger partial charge in [-0.05, 0) is 60.6 Å². The number of carbonyl (C=O) groups is 1. The molecule has 0 aliphatic rings. The number of amides is 1. The molecule has 0 atom stereocenters. The molecule has 0 unspecified atom stereocenters. The first kappa shape index (κ1) is 21.5. The Bertz CT molecular complexity index is 1100. The highest BCUT2D eigenvalue weighted by molar-refractivity contribution is 7.90. The summed E-state index contributed by atoms with van der Waals surface area (Å²) in [6.07, 6.45) is 0.834. The Balaban J connectivity index is 1.53. The molecule has 3 N–H and O–H groups in total. The Morgan fingerprint density at radius 2 is 1.43 bits per heavy atom. The molecule has 154 valence electrons. The van der Waals surface area contributed by atoms with Crippen molar-refractivity contribution in [1.29, 1.82) is 0 Å². The van der Waals surface area contributed by atoms with Crippen LogP contribution in [-0.2, 0) is 16.4 Å². The first-order valence-corrected chi connectivity index (χ1v) is 11.1. The lowest BCUT2D eigenvalue weighted by molar-refractivity contribution is 0.0981. The number of hydrogen-bond donors (Lipinski definition) is 3. The molecular formula is C22H21N3O3S2. The van der Waals surface area contributed by atoms with Crippen molar-refractivity contribution in [2.75, 3.05) is 11.9 Å². The number of anilines is 1. The minimum atomic E-state index is -3.97. The lowest BCUT2D eigenvalue weighted by atomic mass is 10.1. The Hall–Kier alpha value is -3.23. The molecule has 0 spiro atoms. The summed E-state index contributed by atoms with van der Waals surface area (Å²) in [5.74, 6) is -0.679. The predicted molar refractivity (Wildman–Crippen MR) is 122 cm³/mol. The third kappa shape index (κ3) is 6.13. The molecule has 8 heteroatoms. The summed E-state index contributed by atoms with van der Waals surface area (Å²) in [5.41, 5.74) is 2.12. The largest absolute Gasteiger partial charge is 0.362 e. The molecule has 0 saturated heterocycles. The minimum Gasteiger partial charge on any atom is -0.362 e. The zero-order chi connectivity index (χ0) is 21.4. The molecule has 0 heterocycles. The maximum Gasteiger partial charge on any atom is 0.264 e. The van der Waals surface area contributed by atoms with Gasteiger partial charge in [0.05, 0.1) is 4.90 Å². The van der Waals surface area contributed by atoms with Crippen LogP contribution in [0.4, 0.5) is 5.69 Å². The summed E-state index contributed by atoms with van der Waals surface area (Å²) in [4.78, 5) is 12.1. The van der Waals surface area contributed by atoms with E-state index in [9.17, 15) is 13.2 Å². The van der Waals surface area contributed by atoms with Crippen LogP contribution in [-0.4, -0.2) is 26.0 Å². The van der Waals surface area contributed by atoms with Crippen molar-refractivity contribution in [3.8, 4) is 0 Å². The molecule has 3 rings (SSSR count). The number of hydrogen-bond acceptors (Lipinski definition) is 4. The molecule has 0 aliphatic carbocycles. The van der Waals surface area contributed by atoms with E-state index in [1.807, 2.05) is 30.3 Å². The maximum atomic E-state index is 12.4. The van der Waals surface area contributed by atoms with Gasteiger partial charge in [0, 0.05) is 17.8 Å². The molecule has 6 nitrogen and oxygen atoms in total. The van der Waals surface area contributed by atoms with Gasteiger partial charge in [0.2, 0.25) is 0 Å². The molecule has 3 aromatic carbocycles. The van der Waals surface area contributed by atoms with Gasteiger partial charge in [0.25, 0.3) is 15.9 Å². The van der Waals surface area contributed by atoms with Crippen LogP contribution >= 0.6 is 12.2 Å². The second kappa shape index (κ2) is 10.00. The van der Waals surface area contributed by atoms with Crippen molar-refractivity contribution >= 4 is 38.9 Å². The Labute approximate surface area is 181 Å². The van der Waals surface area contributed by atoms with Crippen molar-refractivity contribution in [3.05, 3.63) is 96.1 Å². The molecular weight excluding hydrogens is 418 g/mol. The third-order valence-corrected chi connectivity index (χ3v) is 5.82. The minimum absolute atomic E-state index is 0.0136. The van der Waals surface area contributed by atoms with E-state index in [4.69, 9.17) is 12.2 Å². The fourth-order valence-electron chi connectivity index (χ4n) is 2.69. The van der Waals surface area contributed by atoms with Crippen LogP contribution in [0.15, 0.2) is 89.8 Å². The van der Waals surface area contributed by atoms with Gasteiger partial charge >= 0.3 is 0 Å². The van der Waals surface area contributed by atoms with Crippen molar-refractivity contribution < 1.29 is 13.2 Å². The maximum absolute atomic E-state index is 12.4. The van der Waals surface area contributed by atoms with Crippen molar-refractivity contribution in [3.63, 3.8) is 0 Å². The van der Waals surface area contributed by atoms with E-state index >= 15 is 0 Å². The molecule has 0 fully saturated rings. The van der Waals surface area contributed by atoms with E-state index in [1.54, 1.807) is 42.5 Å². The molecule has 0 aliphatic heterocycles. The molecule has 0 saturated carbocycles. The van der Waals surface area contributed by atoms with Gasteiger partial charge in [-0.3, -0.25) is 4.79 Å². The average molecular weight is 440 g/mol. The van der Waals surface area contributed by atoms with Gasteiger partial charge in [-0.25, -0.2) is 13.1 Å². The third-order valence-electron chi connectivity index (χ3n) is 4.23. The van der Waals surface area contributed by atoms with Crippen LogP contribution in [0.2, 0.25) is 0 Å². The van der Waals surface area contributed by atoms with E-state index in [0.717, 1.165) is 6.42 Å². The van der Waals surface area contributed by atoms with Gasteiger partial charge in [0.15, 0.2) is 5.11 Å². The lowest BCUT2D eigenvalue weighted by Gasteiger charge is -2.11. The topological polar surface area (TPSA) is 87.3 Å². The molecule has 3 aromatic rings. The zero-order valence-corrected chi connectivity index (χ0v) is 17.7. The molecule has 0 aromatic heterocycles. The number of benzene rings is 3. The van der Waals surface area contributed by atoms with Gasteiger partial charge in [-0.1, -0.05) is 48.5 Å². The molecule has 1 amide bonds. The first-order chi connectivity index (χ1) is 14.4. The highest BCUT2D eigenvalue weighted by Gasteiger charge is 2.18. The van der Waals surface area contributed by atoms with E-state index in [-0.39, 0.29) is 10.5 Å². The Morgan fingerprint density at radius 3 is 2.07 bits per heavy atom. The number of sulfonamides is 1. The van der Waals surface area contributed by atoms with Crippen molar-refractivity contribution in [2.24, 2.45) is 0 Å². The molecule has 30 heavy (non-hydrogen) atoms. The molecule has 0 bridgehead atoms. The smallest absolute Gasteiger partial charge is 0.264 e. The number of rotatable bonds is 7. The average Bonchev–Trinajstić information content (AvgIpc) is 2.75. The normalized spacial score (nSPS) is 10.8. The van der Waals surface area contributed by atoms with E-state index < -0.39 is 15.9 Å². The molecule has 0 radical (unpaired) electrons. The second-order valence-electron chi connectivity index (χ2n) is 6.44. The van der Waals surface area contributed by atoms with Crippen LogP contribution in [0, 0.1) is 0 Å². The van der Waals surface area contributed by atoms with Crippen molar-refractivity contribution in [1.82, 2.24) is 10.0 Å². The number of thiocarbonyl (C=S) groups is 1. The zero-order valence-electron chi connectivity index (χ0n) is 16.0. The van der Waals surface area contributed by atoms with Crippen LogP contribution in [0.3, 0.4) is 0 Å². The standard InChI is InChI=1S/C22H21N3O3S2/c26-21(18-9-5-2-6-10-18)25-30(27,28)20-13-11-19(12-14-20)24-22(29)23-16-15-17-7-3-1-4-8-17/h1-14H,15-16H2,(H,25,26)(H2,23,24,29). The van der Waals surface area contributed by atoms with E-state index in [1.165, 1.54) is 17.7 Å². The summed E-state index contributed by atoms with van der Waals surface area (Å²) in [6.45, 7) is 0.674. The lowest BCUT2D eigenvalue weighted by Crippen LogP contribution is -2.31. The number of carbonyl (C=O) groups excluding carboxylic acids is 1. The Morgan fingerprint density at radius 1 is 0.833 bits per heavy atom. The van der Waals surface area contributed by atoms with E-state index in [0.29, 0.717) is 17.3 Å². The second-order valence-corrected chi connectivity index (χ2v) is 8.53. The van der Waals surface area contributed by atoms with Gasteiger partial charge in [0.1, 0.15) is 0 Å². The summed E-state index contributed by atoms with van der Waals surface area (Å²) in [6, 6.07) is 24.2. The van der Waals surface area contributed by atoms with Gasteiger partial charge in [-0.15, -0.1) is 0 Å². The van der Waals surface area contributed by atoms with Crippen LogP contribution in [0.5, 0.6) is 0 Å². The summed E-state index contributed by atoms with van der Waals surface area (Å²) in [5, 5.41) is 6.57. The van der Waals surface area contributed by atoms with Gasteiger partial charge in [-0.2, -0.15) is 0 Å². The number of nitrogens with one attached hydrogen (secondary N) is 3. The predicted octanol–water partition coefficient (Wildman–Crippen LogP) is 3.33. The summed E-state index contributed by atoms with van der Waals surface area (Å²) < 4.78 is 26.9. The fraction of sp³-hybridized carbons (Fsp3) is 0.0909. The van der Waals surface area contributed by atoms with Crippen LogP contribution in [0.1, 0.15) is 15.9 Å². The van der Waals surface area contributed by atoms with Crippen LogP contribution in [0.25, 0.3) is 0 Å². The highest BCUT2D eigenvalue weighted by atomic mass is 32.2. The summed E-state index contributed by atoms with van der Waals surface area (Å²) in [7, 11) is -3.97. The quantitative estimate of drug-likeness (QED) is 0.490. The van der Waals surface area contributed by atoms with Gasteiger partial charge < -0.3 is 10.6 Å². The van der Waals surface area contributed by atoms with Crippen LogP contribution < -0.4 is 15.4 Å². The fourth-order valence-corrected chi connectivity index (χ4v) is 3.88. The van der Waals surface area contributed by atoms with E-state index in [2.05, 4.69) is 15.4 Å². The SMILES string of the molecule is O=C(NS(=O)(=O)c1ccc(NC(=S)NCCc2ccccc2)cc1)c1ccccc1. The summed E-state index contributed by atoms with van der Waals surface area (Å²) >= 11 is 5.27. The highest BCUT2D eigenvalue weighted by Crippen LogP contribution is 2.14. The first-order valence-electron chi connectivity index (χ1n) is 9.25. The Kier molecular flexibility index (Phi) is 7.16. The van der Waals surface area contributed by atoms with Crippen molar-refractivity contribution in [2.45, 2.75) is 11.3 Å².